The van der Waals surface area contributed by atoms with Crippen molar-refractivity contribution < 1.29 is 23.1 Å². The summed E-state index contributed by atoms with van der Waals surface area (Å²) in [5, 5.41) is 9.91. The Balaban J connectivity index is 1.90. The monoisotopic (exact) mass is 383 g/mol. The van der Waals surface area contributed by atoms with Gasteiger partial charge in [0, 0.05) is 24.0 Å². The summed E-state index contributed by atoms with van der Waals surface area (Å²) in [6, 6.07) is 11.9. The van der Waals surface area contributed by atoms with E-state index in [1.54, 1.807) is 41.2 Å². The number of alkyl halides is 3. The molecule has 0 aliphatic heterocycles. The van der Waals surface area contributed by atoms with Gasteiger partial charge in [-0.05, 0) is 47.5 Å². The molecule has 0 atom stereocenters. The lowest BCUT2D eigenvalue weighted by Gasteiger charge is -2.12. The van der Waals surface area contributed by atoms with Crippen LogP contribution < -0.4 is 0 Å². The van der Waals surface area contributed by atoms with Crippen molar-refractivity contribution in [1.82, 2.24) is 14.5 Å². The molecule has 8 heteroatoms. The molecule has 0 unspecified atom stereocenters. The van der Waals surface area contributed by atoms with Crippen molar-refractivity contribution in [2.45, 2.75) is 6.18 Å². The highest BCUT2D eigenvalue weighted by Gasteiger charge is 2.35. The average molecular weight is 383 g/mol. The number of benzene rings is 1. The standard InChI is InChI=1S/C20H12F3N3O2/c21-20(22,23)16-5-4-12(11-15(16)19(27)28)13-6-9-25-18-14(13)7-10-26(18)17-3-1-2-8-24-17/h1-11H,(H,27,28). The van der Waals surface area contributed by atoms with Crippen LogP contribution >= 0.6 is 0 Å². The molecule has 1 N–H and O–H groups in total. The van der Waals surface area contributed by atoms with Crippen molar-refractivity contribution in [3.63, 3.8) is 0 Å². The van der Waals surface area contributed by atoms with E-state index in [0.717, 1.165) is 12.1 Å². The Morgan fingerprint density at radius 1 is 1.00 bits per heavy atom. The van der Waals surface area contributed by atoms with Gasteiger partial charge in [-0.15, -0.1) is 0 Å². The Labute approximate surface area is 156 Å². The first-order valence-corrected chi connectivity index (χ1v) is 8.18. The zero-order valence-corrected chi connectivity index (χ0v) is 14.2. The second-order valence-corrected chi connectivity index (χ2v) is 6.03. The smallest absolute Gasteiger partial charge is 0.417 e. The van der Waals surface area contributed by atoms with Crippen LogP contribution in [-0.4, -0.2) is 25.6 Å². The van der Waals surface area contributed by atoms with Gasteiger partial charge < -0.3 is 5.11 Å². The molecule has 0 saturated heterocycles. The van der Waals surface area contributed by atoms with Crippen molar-refractivity contribution in [2.75, 3.05) is 0 Å². The van der Waals surface area contributed by atoms with Crippen LogP contribution in [-0.2, 0) is 6.18 Å². The third-order valence-corrected chi connectivity index (χ3v) is 4.35. The molecule has 0 fully saturated rings. The molecular formula is C20H12F3N3O2. The van der Waals surface area contributed by atoms with Crippen LogP contribution in [0.5, 0.6) is 0 Å². The summed E-state index contributed by atoms with van der Waals surface area (Å²) in [7, 11) is 0. The number of aromatic nitrogens is 3. The highest BCUT2D eigenvalue weighted by atomic mass is 19.4. The molecule has 1 aromatic carbocycles. The van der Waals surface area contributed by atoms with Crippen LogP contribution in [0.1, 0.15) is 15.9 Å². The maximum Gasteiger partial charge on any atom is 0.417 e. The summed E-state index contributed by atoms with van der Waals surface area (Å²) in [6.45, 7) is 0. The zero-order chi connectivity index (χ0) is 19.9. The minimum atomic E-state index is -4.75. The number of fused-ring (bicyclic) bond motifs is 1. The number of hydrogen-bond acceptors (Lipinski definition) is 3. The molecule has 0 saturated carbocycles. The number of rotatable bonds is 3. The van der Waals surface area contributed by atoms with Crippen molar-refractivity contribution in [3.05, 3.63) is 78.2 Å². The van der Waals surface area contributed by atoms with Crippen molar-refractivity contribution >= 4 is 17.0 Å². The van der Waals surface area contributed by atoms with Gasteiger partial charge in [0.05, 0.1) is 11.1 Å². The van der Waals surface area contributed by atoms with E-state index >= 15 is 0 Å². The number of carbonyl (C=O) groups is 1. The van der Waals surface area contributed by atoms with Crippen LogP contribution in [0.2, 0.25) is 0 Å². The van der Waals surface area contributed by atoms with Gasteiger partial charge in [-0.25, -0.2) is 14.8 Å². The van der Waals surface area contributed by atoms with E-state index in [0.29, 0.717) is 28.0 Å². The number of nitrogens with zero attached hydrogens (tertiary/aromatic N) is 3. The summed E-state index contributed by atoms with van der Waals surface area (Å²) in [5.41, 5.74) is -0.473. The van der Waals surface area contributed by atoms with Gasteiger partial charge in [-0.2, -0.15) is 13.2 Å². The number of aromatic carboxylic acids is 1. The number of carboxylic acids is 1. The lowest BCUT2D eigenvalue weighted by molar-refractivity contribution is -0.138. The molecule has 0 aliphatic carbocycles. The predicted octanol–water partition coefficient (Wildman–Crippen LogP) is 4.80. The van der Waals surface area contributed by atoms with Crippen LogP contribution in [0.25, 0.3) is 28.0 Å². The van der Waals surface area contributed by atoms with E-state index in [-0.39, 0.29) is 0 Å². The molecule has 0 aliphatic rings. The Kier molecular flexibility index (Phi) is 4.11. The largest absolute Gasteiger partial charge is 0.478 e. The maximum atomic E-state index is 13.1. The normalized spacial score (nSPS) is 11.7. The molecule has 0 bridgehead atoms. The fourth-order valence-corrected chi connectivity index (χ4v) is 3.11. The second-order valence-electron chi connectivity index (χ2n) is 6.03. The van der Waals surface area contributed by atoms with Gasteiger partial charge in [-0.1, -0.05) is 12.1 Å². The summed E-state index contributed by atoms with van der Waals surface area (Å²) >= 11 is 0. The van der Waals surface area contributed by atoms with Crippen LogP contribution in [0.3, 0.4) is 0 Å². The number of halogens is 3. The average Bonchev–Trinajstić information content (AvgIpc) is 3.11. The molecule has 28 heavy (non-hydrogen) atoms. The van der Waals surface area contributed by atoms with Gasteiger partial charge in [0.1, 0.15) is 11.5 Å². The summed E-state index contributed by atoms with van der Waals surface area (Å²) in [6.07, 6.45) is 0.170. The Morgan fingerprint density at radius 3 is 2.50 bits per heavy atom. The van der Waals surface area contributed by atoms with Crippen LogP contribution in [0.15, 0.2) is 67.1 Å². The number of carboxylic acid groups (broad SMARTS) is 1. The van der Waals surface area contributed by atoms with Gasteiger partial charge in [0.2, 0.25) is 0 Å². The Morgan fingerprint density at radius 2 is 1.82 bits per heavy atom. The Bertz CT molecular complexity index is 1180. The molecule has 0 amide bonds. The van der Waals surface area contributed by atoms with Gasteiger partial charge >= 0.3 is 12.1 Å². The molecule has 140 valence electrons. The fourth-order valence-electron chi connectivity index (χ4n) is 3.11. The van der Waals surface area contributed by atoms with E-state index in [1.807, 2.05) is 6.07 Å². The zero-order valence-electron chi connectivity index (χ0n) is 14.2. The van der Waals surface area contributed by atoms with E-state index in [2.05, 4.69) is 9.97 Å². The molecule has 0 spiro atoms. The van der Waals surface area contributed by atoms with E-state index < -0.39 is 23.3 Å². The summed E-state index contributed by atoms with van der Waals surface area (Å²) in [4.78, 5) is 20.0. The molecule has 3 heterocycles. The SMILES string of the molecule is O=C(O)c1cc(-c2ccnc3c2ccn3-c2ccccn2)ccc1C(F)(F)F. The summed E-state index contributed by atoms with van der Waals surface area (Å²) in [5.74, 6) is -0.994. The summed E-state index contributed by atoms with van der Waals surface area (Å²) < 4.78 is 41.1. The van der Waals surface area contributed by atoms with Gasteiger partial charge in [0.15, 0.2) is 0 Å². The highest BCUT2D eigenvalue weighted by Crippen LogP contribution is 2.36. The van der Waals surface area contributed by atoms with Crippen molar-refractivity contribution in [1.29, 1.82) is 0 Å². The first kappa shape index (κ1) is 17.7. The predicted molar refractivity (Wildman–Crippen MR) is 96.3 cm³/mol. The molecule has 4 rings (SSSR count). The van der Waals surface area contributed by atoms with E-state index in [4.69, 9.17) is 0 Å². The van der Waals surface area contributed by atoms with Gasteiger partial charge in [0.25, 0.3) is 0 Å². The van der Waals surface area contributed by atoms with Crippen molar-refractivity contribution in [3.8, 4) is 16.9 Å². The van der Waals surface area contributed by atoms with Crippen LogP contribution in [0, 0.1) is 0 Å². The molecule has 0 radical (unpaired) electrons. The third-order valence-electron chi connectivity index (χ3n) is 4.35. The Hall–Kier alpha value is -3.68. The molecule has 4 aromatic rings. The van der Waals surface area contributed by atoms with Crippen molar-refractivity contribution in [2.24, 2.45) is 0 Å². The first-order valence-electron chi connectivity index (χ1n) is 8.18. The molecule has 3 aromatic heterocycles. The van der Waals surface area contributed by atoms with Crippen LogP contribution in [0.4, 0.5) is 13.2 Å². The lowest BCUT2D eigenvalue weighted by atomic mass is 9.98. The fraction of sp³-hybridized carbons (Fsp3) is 0.0500. The minimum Gasteiger partial charge on any atom is -0.478 e. The highest BCUT2D eigenvalue weighted by molar-refractivity contribution is 5.97. The maximum absolute atomic E-state index is 13.1. The number of pyridine rings is 2. The molecule has 5 nitrogen and oxygen atoms in total. The minimum absolute atomic E-state index is 0.358. The van der Waals surface area contributed by atoms with E-state index in [9.17, 15) is 23.1 Å². The molecular weight excluding hydrogens is 371 g/mol. The second kappa shape index (κ2) is 6.49. The van der Waals surface area contributed by atoms with Gasteiger partial charge in [-0.3, -0.25) is 4.57 Å². The topological polar surface area (TPSA) is 68.0 Å². The number of hydrogen-bond donors (Lipinski definition) is 1. The lowest BCUT2D eigenvalue weighted by Crippen LogP contribution is -2.12. The third kappa shape index (κ3) is 2.98. The van der Waals surface area contributed by atoms with E-state index in [1.165, 1.54) is 12.3 Å². The quantitative estimate of drug-likeness (QED) is 0.552. The first-order chi connectivity index (χ1) is 13.4.